The summed E-state index contributed by atoms with van der Waals surface area (Å²) in [5.41, 5.74) is 4.56. The first-order valence-electron chi connectivity index (χ1n) is 6.92. The summed E-state index contributed by atoms with van der Waals surface area (Å²) in [6.45, 7) is 0. The van der Waals surface area contributed by atoms with Gasteiger partial charge >= 0.3 is 0 Å². The molecule has 0 aliphatic rings. The van der Waals surface area contributed by atoms with Crippen molar-refractivity contribution >= 4 is 23.7 Å². The quantitative estimate of drug-likeness (QED) is 0.591. The summed E-state index contributed by atoms with van der Waals surface area (Å²) in [5.74, 6) is -0.355. The van der Waals surface area contributed by atoms with Crippen LogP contribution in [0.25, 0.3) is 5.69 Å². The lowest BCUT2D eigenvalue weighted by Gasteiger charge is -2.06. The first kappa shape index (κ1) is 15.0. The number of amides is 1. The van der Waals surface area contributed by atoms with Gasteiger partial charge in [-0.15, -0.1) is 0 Å². The lowest BCUT2D eigenvalue weighted by molar-refractivity contribution is 0.0950. The highest BCUT2D eigenvalue weighted by Gasteiger charge is 2.04. The van der Waals surface area contributed by atoms with Crippen LogP contribution in [-0.4, -0.2) is 21.7 Å². The van der Waals surface area contributed by atoms with E-state index in [9.17, 15) is 4.79 Å². The van der Waals surface area contributed by atoms with Crippen LogP contribution in [-0.2, 0) is 0 Å². The van der Waals surface area contributed by atoms with Crippen molar-refractivity contribution < 1.29 is 4.79 Å². The van der Waals surface area contributed by atoms with E-state index >= 15 is 0 Å². The molecular weight excluding hydrogens is 312 g/mol. The molecule has 0 aliphatic carbocycles. The predicted octanol–water partition coefficient (Wildman–Crippen LogP) is 3.29. The van der Waals surface area contributed by atoms with Gasteiger partial charge in [0.2, 0.25) is 0 Å². The fourth-order valence-corrected chi connectivity index (χ4v) is 2.17. The Kier molecular flexibility index (Phi) is 4.49. The van der Waals surface area contributed by atoms with Crippen LogP contribution in [0, 0.1) is 0 Å². The molecule has 3 aromatic rings. The number of carbonyl (C=O) groups is 1. The highest BCUT2D eigenvalue weighted by molar-refractivity contribution is 6.30. The fraction of sp³-hybridized carbons (Fsp3) is 0. The molecule has 3 rings (SSSR count). The molecule has 2 aromatic heterocycles. The predicted molar refractivity (Wildman–Crippen MR) is 90.1 cm³/mol. The minimum absolute atomic E-state index is 0.317. The summed E-state index contributed by atoms with van der Waals surface area (Å²) in [6, 6.07) is 16.4. The van der Waals surface area contributed by atoms with E-state index in [1.54, 1.807) is 30.6 Å². The molecule has 5 nitrogen and oxygen atoms in total. The molecule has 0 saturated heterocycles. The average molecular weight is 325 g/mol. The summed E-state index contributed by atoms with van der Waals surface area (Å²) in [7, 11) is 0. The highest BCUT2D eigenvalue weighted by Crippen LogP contribution is 2.15. The fourth-order valence-electron chi connectivity index (χ4n) is 2.05. The molecule has 1 N–H and O–H groups in total. The number of carbonyl (C=O) groups excluding carboxylic acids is 1. The highest BCUT2D eigenvalue weighted by atomic mass is 35.5. The van der Waals surface area contributed by atoms with Crippen LogP contribution in [0.2, 0.25) is 5.02 Å². The summed E-state index contributed by atoms with van der Waals surface area (Å²) in [4.78, 5) is 15.8. The van der Waals surface area contributed by atoms with E-state index in [2.05, 4.69) is 15.5 Å². The molecule has 0 unspecified atom stereocenters. The molecule has 6 heteroatoms. The van der Waals surface area contributed by atoms with Crippen molar-refractivity contribution in [2.24, 2.45) is 5.10 Å². The maximum absolute atomic E-state index is 11.9. The van der Waals surface area contributed by atoms with Gasteiger partial charge in [0.15, 0.2) is 0 Å². The minimum Gasteiger partial charge on any atom is -0.316 e. The third kappa shape index (κ3) is 3.64. The van der Waals surface area contributed by atoms with Crippen molar-refractivity contribution in [3.63, 3.8) is 0 Å². The molecular formula is C17H13ClN4O. The van der Waals surface area contributed by atoms with Crippen molar-refractivity contribution in [3.8, 4) is 5.69 Å². The number of halogens is 1. The Morgan fingerprint density at radius 1 is 1.13 bits per heavy atom. The first-order valence-corrected chi connectivity index (χ1v) is 7.29. The standard InChI is InChI=1S/C17H13ClN4O/c18-13-6-8-14(9-7-13)22-11-3-4-15(22)12-20-21-17(23)16-5-1-2-10-19-16/h1-12H,(H,21,23)/b20-12-. The van der Waals surface area contributed by atoms with E-state index in [0.29, 0.717) is 10.7 Å². The molecule has 0 fully saturated rings. The minimum atomic E-state index is -0.355. The second-order valence-corrected chi connectivity index (χ2v) is 5.13. The zero-order chi connectivity index (χ0) is 16.1. The smallest absolute Gasteiger partial charge is 0.289 e. The Morgan fingerprint density at radius 3 is 2.70 bits per heavy atom. The Bertz CT molecular complexity index is 825. The van der Waals surface area contributed by atoms with E-state index < -0.39 is 0 Å². The van der Waals surface area contributed by atoms with Gasteiger partial charge < -0.3 is 4.57 Å². The van der Waals surface area contributed by atoms with Crippen molar-refractivity contribution in [1.29, 1.82) is 0 Å². The van der Waals surface area contributed by atoms with Crippen LogP contribution in [0.5, 0.6) is 0 Å². The number of hydrogen-bond donors (Lipinski definition) is 1. The third-order valence-corrected chi connectivity index (χ3v) is 3.40. The zero-order valence-corrected chi connectivity index (χ0v) is 12.8. The van der Waals surface area contributed by atoms with Gasteiger partial charge in [0, 0.05) is 23.1 Å². The number of nitrogens with zero attached hydrogens (tertiary/aromatic N) is 3. The molecule has 0 radical (unpaired) electrons. The van der Waals surface area contributed by atoms with Crippen molar-refractivity contribution in [2.45, 2.75) is 0 Å². The average Bonchev–Trinajstić information content (AvgIpc) is 3.05. The lowest BCUT2D eigenvalue weighted by atomic mass is 10.3. The molecule has 0 saturated carbocycles. The number of pyridine rings is 1. The zero-order valence-electron chi connectivity index (χ0n) is 12.1. The van der Waals surface area contributed by atoms with Crippen LogP contribution >= 0.6 is 11.6 Å². The van der Waals surface area contributed by atoms with Crippen molar-refractivity contribution in [1.82, 2.24) is 15.0 Å². The van der Waals surface area contributed by atoms with Gasteiger partial charge in [-0.2, -0.15) is 5.10 Å². The Labute approximate surface area is 138 Å². The van der Waals surface area contributed by atoms with Crippen LogP contribution < -0.4 is 5.43 Å². The number of nitrogens with one attached hydrogen (secondary N) is 1. The molecule has 0 aliphatic heterocycles. The van der Waals surface area contributed by atoms with Gasteiger partial charge in [-0.05, 0) is 48.5 Å². The van der Waals surface area contributed by atoms with Gasteiger partial charge in [0.1, 0.15) is 5.69 Å². The molecule has 1 amide bonds. The van der Waals surface area contributed by atoms with Gasteiger partial charge in [-0.1, -0.05) is 17.7 Å². The molecule has 2 heterocycles. The molecule has 0 bridgehead atoms. The van der Waals surface area contributed by atoms with Gasteiger partial charge in [-0.25, -0.2) is 5.43 Å². The van der Waals surface area contributed by atoms with Crippen molar-refractivity contribution in [2.75, 3.05) is 0 Å². The second-order valence-electron chi connectivity index (χ2n) is 4.69. The van der Waals surface area contributed by atoms with Gasteiger partial charge in [0.25, 0.3) is 5.91 Å². The normalized spacial score (nSPS) is 10.8. The summed E-state index contributed by atoms with van der Waals surface area (Å²) < 4.78 is 1.94. The maximum atomic E-state index is 11.9. The lowest BCUT2D eigenvalue weighted by Crippen LogP contribution is -2.18. The number of benzene rings is 1. The molecule has 1 aromatic carbocycles. The van der Waals surface area contributed by atoms with Gasteiger partial charge in [0.05, 0.1) is 11.9 Å². The number of hydrogen-bond acceptors (Lipinski definition) is 3. The number of aromatic nitrogens is 2. The second kappa shape index (κ2) is 6.89. The summed E-state index contributed by atoms with van der Waals surface area (Å²) in [5, 5.41) is 4.66. The van der Waals surface area contributed by atoms with Crippen LogP contribution in [0.15, 0.2) is 72.1 Å². The molecule has 0 spiro atoms. The van der Waals surface area contributed by atoms with E-state index in [4.69, 9.17) is 11.6 Å². The molecule has 23 heavy (non-hydrogen) atoms. The van der Waals surface area contributed by atoms with Crippen LogP contribution in [0.4, 0.5) is 0 Å². The Morgan fingerprint density at radius 2 is 1.96 bits per heavy atom. The number of rotatable bonds is 4. The summed E-state index contributed by atoms with van der Waals surface area (Å²) in [6.07, 6.45) is 5.05. The van der Waals surface area contributed by atoms with Crippen molar-refractivity contribution in [3.05, 3.63) is 83.4 Å². The first-order chi connectivity index (χ1) is 11.2. The third-order valence-electron chi connectivity index (χ3n) is 3.15. The SMILES string of the molecule is O=C(N/N=C\c1cccn1-c1ccc(Cl)cc1)c1ccccn1. The van der Waals surface area contributed by atoms with Gasteiger partial charge in [-0.3, -0.25) is 9.78 Å². The van der Waals surface area contributed by atoms with E-state index in [-0.39, 0.29) is 5.91 Å². The molecule has 114 valence electrons. The van der Waals surface area contributed by atoms with E-state index in [1.165, 1.54) is 0 Å². The summed E-state index contributed by atoms with van der Waals surface area (Å²) >= 11 is 5.90. The van der Waals surface area contributed by atoms with Crippen LogP contribution in [0.3, 0.4) is 0 Å². The molecule has 0 atom stereocenters. The largest absolute Gasteiger partial charge is 0.316 e. The van der Waals surface area contributed by atoms with Crippen LogP contribution in [0.1, 0.15) is 16.2 Å². The monoisotopic (exact) mass is 324 g/mol. The Hall–Kier alpha value is -2.92. The van der Waals surface area contributed by atoms with E-state index in [0.717, 1.165) is 11.4 Å². The number of hydrazone groups is 1. The van der Waals surface area contributed by atoms with E-state index in [1.807, 2.05) is 47.2 Å². The maximum Gasteiger partial charge on any atom is 0.289 e. The Balaban J connectivity index is 1.73. The topological polar surface area (TPSA) is 59.3 Å².